The maximum Gasteiger partial charge on any atom is 0.271 e. The van der Waals surface area contributed by atoms with Crippen molar-refractivity contribution >= 4 is 34.7 Å². The number of hydrogen-bond donors (Lipinski definition) is 2. The number of carbonyl (C=O) groups is 2. The number of hydrogen-bond acceptors (Lipinski definition) is 3. The number of carbonyl (C=O) groups excluding carboxylic acids is 2. The molecule has 4 rings (SSSR count). The van der Waals surface area contributed by atoms with Crippen molar-refractivity contribution in [1.29, 1.82) is 0 Å². The third kappa shape index (κ3) is 4.40. The molecule has 2 N–H and O–H groups in total. The summed E-state index contributed by atoms with van der Waals surface area (Å²) in [6.45, 7) is 0. The maximum absolute atomic E-state index is 13.1. The van der Waals surface area contributed by atoms with Crippen molar-refractivity contribution in [2.45, 2.75) is 31.7 Å². The Hall–Kier alpha value is -2.93. The highest BCUT2D eigenvalue weighted by molar-refractivity contribution is 6.33. The van der Waals surface area contributed by atoms with Crippen molar-refractivity contribution in [3.05, 3.63) is 65.3 Å². The molecule has 1 aliphatic carbocycles. The zero-order chi connectivity index (χ0) is 20.4. The number of fused-ring (bicyclic) bond motifs is 1. The minimum absolute atomic E-state index is 0.00534. The number of pyridine rings is 1. The lowest BCUT2D eigenvalue weighted by molar-refractivity contribution is -0.120. The van der Waals surface area contributed by atoms with Gasteiger partial charge in [0.1, 0.15) is 17.2 Å². The van der Waals surface area contributed by atoms with E-state index in [1.54, 1.807) is 10.6 Å². The minimum Gasteiger partial charge on any atom is -0.348 e. The smallest absolute Gasteiger partial charge is 0.271 e. The number of anilines is 1. The average molecular weight is 415 g/mol. The van der Waals surface area contributed by atoms with E-state index >= 15 is 0 Å². The molecule has 2 heterocycles. The third-order valence-electron chi connectivity index (χ3n) is 5.22. The summed E-state index contributed by atoms with van der Waals surface area (Å²) in [7, 11) is 0. The fourth-order valence-corrected chi connectivity index (χ4v) is 3.84. The Morgan fingerprint density at radius 2 is 1.93 bits per heavy atom. The summed E-state index contributed by atoms with van der Waals surface area (Å²) in [5, 5.41) is 5.95. The van der Waals surface area contributed by atoms with E-state index in [1.165, 1.54) is 18.2 Å². The number of halogens is 2. The molecule has 0 unspecified atom stereocenters. The Balaban J connectivity index is 1.30. The lowest BCUT2D eigenvalue weighted by Gasteiger charge is -2.28. The largest absolute Gasteiger partial charge is 0.348 e. The van der Waals surface area contributed by atoms with Crippen molar-refractivity contribution in [3.63, 3.8) is 0 Å². The molecule has 0 atom stereocenters. The third-order valence-corrected chi connectivity index (χ3v) is 5.53. The predicted molar refractivity (Wildman–Crippen MR) is 108 cm³/mol. The molecule has 2 aromatic heterocycles. The first kappa shape index (κ1) is 19.4. The van der Waals surface area contributed by atoms with Gasteiger partial charge in [-0.1, -0.05) is 17.7 Å². The molecule has 0 radical (unpaired) electrons. The standard InChI is InChI=1S/C21H20ClFN4O2/c22-16-11-14(23)6-9-17(16)26-20(28)13-4-7-15(8-5-13)24-21(29)18-12-27-10-2-1-3-19(27)25-18/h1-3,6,9-13,15H,4-5,7-8H2,(H,24,29)(H,26,28)/t13-,15-. The summed E-state index contributed by atoms with van der Waals surface area (Å²) in [6, 6.07) is 9.48. The van der Waals surface area contributed by atoms with Gasteiger partial charge >= 0.3 is 0 Å². The second-order valence-corrected chi connectivity index (χ2v) is 7.63. The molecular weight excluding hydrogens is 395 g/mol. The summed E-state index contributed by atoms with van der Waals surface area (Å²) >= 11 is 5.97. The van der Waals surface area contributed by atoms with Gasteiger partial charge in [-0.15, -0.1) is 0 Å². The van der Waals surface area contributed by atoms with Gasteiger partial charge in [-0.25, -0.2) is 9.37 Å². The highest BCUT2D eigenvalue weighted by Gasteiger charge is 2.28. The van der Waals surface area contributed by atoms with Crippen LogP contribution in [0.5, 0.6) is 0 Å². The molecule has 0 aliphatic heterocycles. The van der Waals surface area contributed by atoms with Crippen molar-refractivity contribution in [1.82, 2.24) is 14.7 Å². The number of nitrogens with zero attached hydrogens (tertiary/aromatic N) is 2. The molecule has 3 aromatic rings. The van der Waals surface area contributed by atoms with Gasteiger partial charge in [0.05, 0.1) is 10.7 Å². The SMILES string of the molecule is O=C(N[C@H]1CC[C@H](C(=O)Nc2ccc(F)cc2Cl)CC1)c1cn2ccccc2n1. The van der Waals surface area contributed by atoms with Crippen molar-refractivity contribution in [2.75, 3.05) is 5.32 Å². The normalized spacial score (nSPS) is 19.1. The fourth-order valence-electron chi connectivity index (χ4n) is 3.63. The highest BCUT2D eigenvalue weighted by atomic mass is 35.5. The first-order valence-electron chi connectivity index (χ1n) is 9.50. The van der Waals surface area contributed by atoms with Crippen molar-refractivity contribution in [2.24, 2.45) is 5.92 Å². The Morgan fingerprint density at radius 1 is 1.14 bits per heavy atom. The topological polar surface area (TPSA) is 75.5 Å². The highest BCUT2D eigenvalue weighted by Crippen LogP contribution is 2.28. The number of rotatable bonds is 4. The van der Waals surface area contributed by atoms with Crippen LogP contribution < -0.4 is 10.6 Å². The van der Waals surface area contributed by atoms with Crippen LogP contribution in [0.15, 0.2) is 48.8 Å². The number of aromatic nitrogens is 2. The van der Waals surface area contributed by atoms with Gasteiger partial charge in [0.25, 0.3) is 5.91 Å². The zero-order valence-corrected chi connectivity index (χ0v) is 16.3. The van der Waals surface area contributed by atoms with Crippen LogP contribution in [0.25, 0.3) is 5.65 Å². The summed E-state index contributed by atoms with van der Waals surface area (Å²) in [5.74, 6) is -0.961. The monoisotopic (exact) mass is 414 g/mol. The molecule has 150 valence electrons. The molecule has 0 spiro atoms. The molecule has 0 bridgehead atoms. The van der Waals surface area contributed by atoms with Crippen LogP contribution in [-0.4, -0.2) is 27.2 Å². The molecule has 1 fully saturated rings. The first-order chi connectivity index (χ1) is 14.0. The fraction of sp³-hybridized carbons (Fsp3) is 0.286. The molecule has 2 amide bonds. The van der Waals surface area contributed by atoms with Gasteiger partial charge in [0.15, 0.2) is 0 Å². The Labute approximate surface area is 172 Å². The summed E-state index contributed by atoms with van der Waals surface area (Å²) in [5.41, 5.74) is 1.50. The molecule has 8 heteroatoms. The van der Waals surface area contributed by atoms with E-state index in [0.717, 1.165) is 5.65 Å². The van der Waals surface area contributed by atoms with Gasteiger partial charge < -0.3 is 15.0 Å². The van der Waals surface area contributed by atoms with Gasteiger partial charge in [-0.3, -0.25) is 9.59 Å². The second kappa shape index (κ2) is 8.21. The van der Waals surface area contributed by atoms with Crippen LogP contribution in [0.1, 0.15) is 36.2 Å². The second-order valence-electron chi connectivity index (χ2n) is 7.23. The lowest BCUT2D eigenvalue weighted by atomic mass is 9.85. The van der Waals surface area contributed by atoms with Gasteiger partial charge in [-0.05, 0) is 56.0 Å². The average Bonchev–Trinajstić information content (AvgIpc) is 3.15. The van der Waals surface area contributed by atoms with E-state index in [1.807, 2.05) is 24.4 Å². The van der Waals surface area contributed by atoms with Crippen LogP contribution in [0.3, 0.4) is 0 Å². The van der Waals surface area contributed by atoms with Crippen LogP contribution in [-0.2, 0) is 4.79 Å². The van der Waals surface area contributed by atoms with Gasteiger partial charge in [0.2, 0.25) is 5.91 Å². The molecule has 29 heavy (non-hydrogen) atoms. The Morgan fingerprint density at radius 3 is 2.66 bits per heavy atom. The van der Waals surface area contributed by atoms with E-state index in [2.05, 4.69) is 15.6 Å². The number of amides is 2. The van der Waals surface area contributed by atoms with Crippen molar-refractivity contribution in [3.8, 4) is 0 Å². The number of benzene rings is 1. The van der Waals surface area contributed by atoms with Crippen molar-refractivity contribution < 1.29 is 14.0 Å². The van der Waals surface area contributed by atoms with Gasteiger partial charge in [0, 0.05) is 24.4 Å². The Kier molecular flexibility index (Phi) is 5.49. The predicted octanol–water partition coefficient (Wildman–Crippen LogP) is 4.05. The van der Waals surface area contributed by atoms with E-state index in [9.17, 15) is 14.0 Å². The first-order valence-corrected chi connectivity index (χ1v) is 9.88. The maximum atomic E-state index is 13.1. The summed E-state index contributed by atoms with van der Waals surface area (Å²) in [6.07, 6.45) is 6.26. The van der Waals surface area contributed by atoms with Crippen LogP contribution in [0.2, 0.25) is 5.02 Å². The molecule has 1 aromatic carbocycles. The molecule has 1 aliphatic rings. The molecule has 1 saturated carbocycles. The molecule has 0 saturated heterocycles. The lowest BCUT2D eigenvalue weighted by Crippen LogP contribution is -2.39. The van der Waals surface area contributed by atoms with E-state index in [4.69, 9.17) is 11.6 Å². The Bertz CT molecular complexity index is 1030. The van der Waals surface area contributed by atoms with E-state index < -0.39 is 5.82 Å². The molecular formula is C21H20ClFN4O2. The zero-order valence-electron chi connectivity index (χ0n) is 15.6. The minimum atomic E-state index is -0.449. The van der Waals surface area contributed by atoms with E-state index in [0.29, 0.717) is 37.1 Å². The van der Waals surface area contributed by atoms with Crippen LogP contribution in [0.4, 0.5) is 10.1 Å². The number of nitrogens with one attached hydrogen (secondary N) is 2. The van der Waals surface area contributed by atoms with Crippen LogP contribution in [0, 0.1) is 11.7 Å². The number of imidazole rings is 1. The quantitative estimate of drug-likeness (QED) is 0.676. The van der Waals surface area contributed by atoms with Gasteiger partial charge in [-0.2, -0.15) is 0 Å². The summed E-state index contributed by atoms with van der Waals surface area (Å²) in [4.78, 5) is 29.3. The van der Waals surface area contributed by atoms with Crippen LogP contribution >= 0.6 is 11.6 Å². The summed E-state index contributed by atoms with van der Waals surface area (Å²) < 4.78 is 14.9. The molecule has 6 nitrogen and oxygen atoms in total. The van der Waals surface area contributed by atoms with E-state index in [-0.39, 0.29) is 28.8 Å².